The van der Waals surface area contributed by atoms with E-state index >= 15 is 0 Å². The largest absolute Gasteiger partial charge is 0.391 e. The first kappa shape index (κ1) is 30.3. The summed E-state index contributed by atoms with van der Waals surface area (Å²) in [6.07, 6.45) is 5.24. The zero-order chi connectivity index (χ0) is 28.4. The Kier molecular flexibility index (Phi) is 11.1. The molecule has 1 aliphatic rings. The number of rotatable bonds is 14. The fourth-order valence-electron chi connectivity index (χ4n) is 5.66. The van der Waals surface area contributed by atoms with Crippen molar-refractivity contribution in [1.82, 2.24) is 10.2 Å². The van der Waals surface area contributed by atoms with Crippen molar-refractivity contribution in [3.8, 4) is 0 Å². The van der Waals surface area contributed by atoms with E-state index in [0.717, 1.165) is 35.1 Å². The summed E-state index contributed by atoms with van der Waals surface area (Å²) in [7, 11) is 0. The van der Waals surface area contributed by atoms with Crippen molar-refractivity contribution < 1.29 is 14.7 Å². The molecule has 2 amide bonds. The lowest BCUT2D eigenvalue weighted by Gasteiger charge is -2.42. The van der Waals surface area contributed by atoms with E-state index in [9.17, 15) is 14.7 Å². The fourth-order valence-corrected chi connectivity index (χ4v) is 5.66. The second-order valence-electron chi connectivity index (χ2n) is 10.9. The minimum atomic E-state index is -1.20. The van der Waals surface area contributed by atoms with Gasteiger partial charge in [0.1, 0.15) is 0 Å². The van der Waals surface area contributed by atoms with Gasteiger partial charge in [0.2, 0.25) is 11.8 Å². The first-order chi connectivity index (χ1) is 18.7. The van der Waals surface area contributed by atoms with Gasteiger partial charge in [0.25, 0.3) is 0 Å². The molecule has 3 atom stereocenters. The zero-order valence-electron chi connectivity index (χ0n) is 24.0. The van der Waals surface area contributed by atoms with E-state index in [1.54, 1.807) is 0 Å². The monoisotopic (exact) mass is 531 g/mol. The third kappa shape index (κ3) is 7.90. The average Bonchev–Trinajstić information content (AvgIpc) is 2.92. The highest BCUT2D eigenvalue weighted by atomic mass is 16.3. The molecule has 0 spiro atoms. The van der Waals surface area contributed by atoms with Crippen LogP contribution in [0.4, 0.5) is 0 Å². The molecule has 1 unspecified atom stereocenters. The average molecular weight is 532 g/mol. The maximum absolute atomic E-state index is 13.7. The van der Waals surface area contributed by atoms with Crippen LogP contribution in [0.2, 0.25) is 0 Å². The van der Waals surface area contributed by atoms with Crippen LogP contribution < -0.4 is 11.1 Å². The molecule has 2 aromatic carbocycles. The van der Waals surface area contributed by atoms with E-state index in [-0.39, 0.29) is 18.9 Å². The molecule has 6 heteroatoms. The number of carbonyl (C=O) groups excluding carboxylic acids is 2. The number of benzene rings is 2. The predicted octanol–water partition coefficient (Wildman–Crippen LogP) is 4.70. The van der Waals surface area contributed by atoms with Gasteiger partial charge in [0.15, 0.2) is 0 Å². The number of amides is 2. The molecule has 6 nitrogen and oxygen atoms in total. The third-order valence-electron chi connectivity index (χ3n) is 7.61. The van der Waals surface area contributed by atoms with Gasteiger partial charge >= 0.3 is 0 Å². The number of carbonyl (C=O) groups is 2. The smallest absolute Gasteiger partial charge is 0.249 e. The lowest BCUT2D eigenvalue weighted by molar-refractivity contribution is -0.132. The maximum Gasteiger partial charge on any atom is 0.249 e. The minimum Gasteiger partial charge on any atom is -0.391 e. The van der Waals surface area contributed by atoms with Crippen molar-refractivity contribution >= 4 is 11.8 Å². The van der Waals surface area contributed by atoms with Crippen molar-refractivity contribution in [2.24, 2.45) is 17.1 Å². The van der Waals surface area contributed by atoms with Crippen LogP contribution in [0, 0.1) is 18.3 Å². The van der Waals surface area contributed by atoms with Gasteiger partial charge in [0.05, 0.1) is 11.5 Å². The van der Waals surface area contributed by atoms with Crippen LogP contribution in [-0.4, -0.2) is 47.6 Å². The summed E-state index contributed by atoms with van der Waals surface area (Å²) in [6, 6.07) is 18.1. The molecule has 0 bridgehead atoms. The van der Waals surface area contributed by atoms with Gasteiger partial charge in [-0.2, -0.15) is 0 Å². The van der Waals surface area contributed by atoms with Gasteiger partial charge in [-0.1, -0.05) is 91.7 Å². The molecule has 4 N–H and O–H groups in total. The Labute approximate surface area is 234 Å². The fraction of sp³-hybridized carbons (Fsp3) is 0.455. The van der Waals surface area contributed by atoms with Crippen LogP contribution in [0.1, 0.15) is 56.7 Å². The summed E-state index contributed by atoms with van der Waals surface area (Å²) in [5.41, 5.74) is 9.65. The summed E-state index contributed by atoms with van der Waals surface area (Å²) in [5, 5.41) is 15.0. The molecule has 0 fully saturated rings. The van der Waals surface area contributed by atoms with Crippen LogP contribution in [0.5, 0.6) is 0 Å². The topological polar surface area (TPSA) is 95.7 Å². The normalized spacial score (nSPS) is 18.6. The molecule has 39 heavy (non-hydrogen) atoms. The predicted molar refractivity (Wildman–Crippen MR) is 158 cm³/mol. The Bertz CT molecular complexity index is 1150. The zero-order valence-corrected chi connectivity index (χ0v) is 24.0. The standard InChI is InChI=1S/C33H45N3O3/c1-5-16-36(17-6-2)31(38)28-18-25(4)20-33(21-28,32(34)39)29(19-26-14-12-24(3)13-15-26)30(37)23-35-22-27-10-8-7-9-11-27/h7-15,18,20,29-30,35,37H,5-6,16-17,19,21-23H2,1-4H3,(H2,34,39)/t29-,30+,33?/m1/s1. The van der Waals surface area contributed by atoms with Crippen molar-refractivity contribution in [3.63, 3.8) is 0 Å². The third-order valence-corrected chi connectivity index (χ3v) is 7.61. The van der Waals surface area contributed by atoms with Gasteiger partial charge in [0, 0.05) is 37.7 Å². The number of nitrogens with one attached hydrogen (secondary N) is 1. The van der Waals surface area contributed by atoms with E-state index in [4.69, 9.17) is 5.73 Å². The Balaban J connectivity index is 1.95. The first-order valence-electron chi connectivity index (χ1n) is 14.2. The number of aryl methyl sites for hydroxylation is 1. The van der Waals surface area contributed by atoms with E-state index in [1.165, 1.54) is 0 Å². The number of nitrogens with zero attached hydrogens (tertiary/aromatic N) is 1. The van der Waals surface area contributed by atoms with Crippen molar-refractivity contribution in [1.29, 1.82) is 0 Å². The lowest BCUT2D eigenvalue weighted by atomic mass is 9.63. The van der Waals surface area contributed by atoms with E-state index in [1.807, 2.05) is 85.5 Å². The van der Waals surface area contributed by atoms with E-state index < -0.39 is 23.3 Å². The molecular formula is C33H45N3O3. The quantitative estimate of drug-likeness (QED) is 0.329. The minimum absolute atomic E-state index is 0.0532. The highest BCUT2D eigenvalue weighted by molar-refractivity contribution is 5.96. The Morgan fingerprint density at radius 1 is 1.00 bits per heavy atom. The van der Waals surface area contributed by atoms with Crippen LogP contribution in [-0.2, 0) is 22.6 Å². The van der Waals surface area contributed by atoms with Gasteiger partial charge in [-0.3, -0.25) is 9.59 Å². The Hall–Kier alpha value is -3.22. The van der Waals surface area contributed by atoms with Crippen LogP contribution in [0.3, 0.4) is 0 Å². The number of aliphatic hydroxyl groups excluding tert-OH is 1. The molecule has 3 rings (SSSR count). The number of allylic oxidation sites excluding steroid dienone is 2. The van der Waals surface area contributed by atoms with Crippen molar-refractivity contribution in [2.45, 2.75) is 66.0 Å². The first-order valence-corrected chi connectivity index (χ1v) is 14.2. The van der Waals surface area contributed by atoms with Crippen LogP contribution in [0.25, 0.3) is 0 Å². The van der Waals surface area contributed by atoms with Gasteiger partial charge in [-0.25, -0.2) is 0 Å². The second kappa shape index (κ2) is 14.2. The molecule has 0 radical (unpaired) electrons. The number of nitrogens with two attached hydrogens (primary N) is 1. The summed E-state index contributed by atoms with van der Waals surface area (Å²) < 4.78 is 0. The molecule has 0 aromatic heterocycles. The Morgan fingerprint density at radius 3 is 2.23 bits per heavy atom. The van der Waals surface area contributed by atoms with Gasteiger partial charge in [-0.05, 0) is 50.7 Å². The van der Waals surface area contributed by atoms with Crippen molar-refractivity contribution in [2.75, 3.05) is 19.6 Å². The SMILES string of the molecule is CCCN(CCC)C(=O)C1=CC(C)=CC(C(N)=O)([C@H](Cc2ccc(C)cc2)[C@@H](O)CNCc2ccccc2)C1. The number of hydrogen-bond acceptors (Lipinski definition) is 4. The summed E-state index contributed by atoms with van der Waals surface area (Å²) in [4.78, 5) is 28.9. The summed E-state index contributed by atoms with van der Waals surface area (Å²) >= 11 is 0. The van der Waals surface area contributed by atoms with E-state index in [0.29, 0.717) is 31.6 Å². The summed E-state index contributed by atoms with van der Waals surface area (Å²) in [6.45, 7) is 10.3. The molecule has 0 saturated carbocycles. The Morgan fingerprint density at radius 2 is 1.64 bits per heavy atom. The number of aliphatic hydroxyl groups is 1. The molecule has 0 saturated heterocycles. The van der Waals surface area contributed by atoms with Crippen molar-refractivity contribution in [3.05, 3.63) is 94.6 Å². The van der Waals surface area contributed by atoms with Gasteiger partial charge < -0.3 is 21.1 Å². The molecule has 1 aliphatic carbocycles. The number of hydrogen-bond donors (Lipinski definition) is 3. The second-order valence-corrected chi connectivity index (χ2v) is 10.9. The molecule has 0 heterocycles. The molecular weight excluding hydrogens is 486 g/mol. The summed E-state index contributed by atoms with van der Waals surface area (Å²) in [5.74, 6) is -1.10. The highest BCUT2D eigenvalue weighted by Crippen LogP contribution is 2.44. The lowest BCUT2D eigenvalue weighted by Crippen LogP contribution is -2.51. The molecule has 2 aromatic rings. The number of primary amides is 1. The molecule has 210 valence electrons. The van der Waals surface area contributed by atoms with Gasteiger partial charge in [-0.15, -0.1) is 0 Å². The van der Waals surface area contributed by atoms with E-state index in [2.05, 4.69) is 19.2 Å². The van der Waals surface area contributed by atoms with Crippen LogP contribution in [0.15, 0.2) is 77.9 Å². The highest BCUT2D eigenvalue weighted by Gasteiger charge is 2.48. The molecule has 0 aliphatic heterocycles. The maximum atomic E-state index is 13.7. The van der Waals surface area contributed by atoms with Crippen LogP contribution >= 0.6 is 0 Å².